The molecule has 0 saturated carbocycles. The lowest BCUT2D eigenvalue weighted by Crippen LogP contribution is -2.64. The fourth-order valence-electron chi connectivity index (χ4n) is 5.11. The zero-order valence-electron chi connectivity index (χ0n) is 18.5. The number of nitrogens with zero attached hydrogens (tertiary/aromatic N) is 3. The van der Waals surface area contributed by atoms with E-state index in [1.54, 1.807) is 39.0 Å². The van der Waals surface area contributed by atoms with Gasteiger partial charge in [0.1, 0.15) is 12.2 Å². The summed E-state index contributed by atoms with van der Waals surface area (Å²) in [6.07, 6.45) is 2.18. The fourth-order valence-corrected chi connectivity index (χ4v) is 5.75. The van der Waals surface area contributed by atoms with E-state index in [1.807, 2.05) is 23.8 Å². The van der Waals surface area contributed by atoms with Crippen molar-refractivity contribution in [1.82, 2.24) is 15.1 Å². The molecule has 9 heteroatoms. The molecule has 1 atom stereocenters. The minimum atomic E-state index is -0.842. The summed E-state index contributed by atoms with van der Waals surface area (Å²) in [5.41, 5.74) is 0.892. The third-order valence-electron chi connectivity index (χ3n) is 7.01. The second-order valence-electron chi connectivity index (χ2n) is 9.00. The third-order valence-corrected chi connectivity index (χ3v) is 7.69. The van der Waals surface area contributed by atoms with Crippen LogP contribution in [0.2, 0.25) is 0 Å². The van der Waals surface area contributed by atoms with Crippen molar-refractivity contribution in [2.45, 2.75) is 44.3 Å². The summed E-state index contributed by atoms with van der Waals surface area (Å²) >= 11 is 1.48. The minimum Gasteiger partial charge on any atom is -0.349 e. The van der Waals surface area contributed by atoms with Gasteiger partial charge < -0.3 is 15.1 Å². The molecule has 0 radical (unpaired) electrons. The third kappa shape index (κ3) is 3.70. The van der Waals surface area contributed by atoms with Gasteiger partial charge in [0.15, 0.2) is 0 Å². The van der Waals surface area contributed by atoms with Gasteiger partial charge in [-0.15, -0.1) is 0 Å². The zero-order chi connectivity index (χ0) is 23.2. The van der Waals surface area contributed by atoms with E-state index in [-0.39, 0.29) is 36.2 Å². The minimum absolute atomic E-state index is 0.0189. The van der Waals surface area contributed by atoms with Gasteiger partial charge in [-0.25, -0.2) is 0 Å². The molecule has 1 N–H and O–H groups in total. The van der Waals surface area contributed by atoms with Crippen LogP contribution in [0.25, 0.3) is 0 Å². The Labute approximate surface area is 196 Å². The Morgan fingerprint density at radius 1 is 1.15 bits per heavy atom. The van der Waals surface area contributed by atoms with Gasteiger partial charge in [-0.3, -0.25) is 24.1 Å². The van der Waals surface area contributed by atoms with Crippen LogP contribution in [0, 0.1) is 0 Å². The van der Waals surface area contributed by atoms with E-state index in [0.717, 1.165) is 0 Å². The van der Waals surface area contributed by atoms with Gasteiger partial charge in [0.05, 0.1) is 11.3 Å². The monoisotopic (exact) mass is 466 g/mol. The predicted octanol–water partition coefficient (Wildman–Crippen LogP) is 2.47. The molecule has 0 bridgehead atoms. The van der Waals surface area contributed by atoms with Crippen LogP contribution in [0.4, 0.5) is 5.69 Å². The number of rotatable bonds is 4. The van der Waals surface area contributed by atoms with Crippen molar-refractivity contribution in [2.75, 3.05) is 24.5 Å². The molecule has 3 aliphatic heterocycles. The summed E-state index contributed by atoms with van der Waals surface area (Å²) in [7, 11) is 0. The van der Waals surface area contributed by atoms with Crippen molar-refractivity contribution < 1.29 is 19.2 Å². The normalized spacial score (nSPS) is 22.9. The molecule has 2 fully saturated rings. The Morgan fingerprint density at radius 2 is 1.91 bits per heavy atom. The Kier molecular flexibility index (Phi) is 5.44. The first-order valence-electron chi connectivity index (χ1n) is 11.2. The van der Waals surface area contributed by atoms with E-state index in [1.165, 1.54) is 11.3 Å². The molecule has 1 unspecified atom stereocenters. The van der Waals surface area contributed by atoms with Crippen LogP contribution in [0.15, 0.2) is 41.1 Å². The number of carbonyl (C=O) groups excluding carboxylic acids is 4. The zero-order valence-corrected chi connectivity index (χ0v) is 19.3. The molecular formula is C24H26N4O4S. The van der Waals surface area contributed by atoms with Gasteiger partial charge >= 0.3 is 0 Å². The number of fused-ring (bicyclic) bond motifs is 3. The van der Waals surface area contributed by atoms with Gasteiger partial charge in [-0.2, -0.15) is 11.3 Å². The van der Waals surface area contributed by atoms with Gasteiger partial charge in [0, 0.05) is 36.5 Å². The lowest BCUT2D eigenvalue weighted by Gasteiger charge is -2.48. The van der Waals surface area contributed by atoms with Gasteiger partial charge in [0.2, 0.25) is 11.8 Å². The number of amides is 4. The first-order valence-corrected chi connectivity index (χ1v) is 12.2. The smallest absolute Gasteiger partial charge is 0.258 e. The summed E-state index contributed by atoms with van der Waals surface area (Å²) in [5.74, 6) is -0.467. The average molecular weight is 467 g/mol. The molecule has 33 heavy (non-hydrogen) atoms. The Morgan fingerprint density at radius 3 is 2.64 bits per heavy atom. The van der Waals surface area contributed by atoms with Crippen LogP contribution < -0.4 is 10.2 Å². The van der Waals surface area contributed by atoms with Crippen molar-refractivity contribution in [1.29, 1.82) is 0 Å². The number of carbonyl (C=O) groups is 4. The van der Waals surface area contributed by atoms with E-state index >= 15 is 0 Å². The van der Waals surface area contributed by atoms with Crippen LogP contribution in [-0.2, 0) is 9.59 Å². The topological polar surface area (TPSA) is 90.0 Å². The molecule has 0 spiro atoms. The van der Waals surface area contributed by atoms with Crippen molar-refractivity contribution in [3.8, 4) is 0 Å². The quantitative estimate of drug-likeness (QED) is 0.750. The van der Waals surface area contributed by atoms with Crippen molar-refractivity contribution in [3.63, 3.8) is 0 Å². The molecule has 3 aliphatic rings. The highest BCUT2D eigenvalue weighted by Gasteiger charge is 2.53. The number of para-hydroxylation sites is 1. The highest BCUT2D eigenvalue weighted by molar-refractivity contribution is 7.08. The number of hydrogen-bond donors (Lipinski definition) is 1. The SMILES string of the molecule is CC12CCC(=O)N1c1ccccc1C(=O)N2CC(=O)N1CCC(NC(=O)c2ccsc2)CC1. The van der Waals surface area contributed by atoms with E-state index in [2.05, 4.69) is 5.32 Å². The standard InChI is InChI=1S/C24H26N4O4S/c1-24-10-6-20(29)28(24)19-5-3-2-4-18(19)23(32)27(24)14-21(30)26-11-7-17(8-12-26)25-22(31)16-9-13-33-15-16/h2-5,9,13,15,17H,6-8,10-12,14H2,1H3,(H,25,31). The summed E-state index contributed by atoms with van der Waals surface area (Å²) < 4.78 is 0. The number of nitrogens with one attached hydrogen (secondary N) is 1. The maximum atomic E-state index is 13.3. The molecule has 2 saturated heterocycles. The summed E-state index contributed by atoms with van der Waals surface area (Å²) in [5, 5.41) is 6.73. The molecule has 1 aromatic carbocycles. The summed E-state index contributed by atoms with van der Waals surface area (Å²) in [6, 6.07) is 8.91. The molecule has 1 aromatic heterocycles. The number of likely N-dealkylation sites (tertiary alicyclic amines) is 1. The second kappa shape index (κ2) is 8.30. The molecule has 0 aliphatic carbocycles. The molecule has 8 nitrogen and oxygen atoms in total. The molecule has 172 valence electrons. The van der Waals surface area contributed by atoms with Crippen LogP contribution in [0.3, 0.4) is 0 Å². The number of hydrogen-bond acceptors (Lipinski definition) is 5. The average Bonchev–Trinajstić information content (AvgIpc) is 3.46. The fraction of sp³-hybridized carbons (Fsp3) is 0.417. The molecule has 2 aromatic rings. The Hall–Kier alpha value is -3.20. The summed E-state index contributed by atoms with van der Waals surface area (Å²) in [4.78, 5) is 56.5. The lowest BCUT2D eigenvalue weighted by molar-refractivity contribution is -0.134. The van der Waals surface area contributed by atoms with E-state index in [4.69, 9.17) is 0 Å². The van der Waals surface area contributed by atoms with E-state index < -0.39 is 5.66 Å². The molecule has 4 amide bonds. The largest absolute Gasteiger partial charge is 0.349 e. The first kappa shape index (κ1) is 21.6. The number of piperidine rings is 1. The number of anilines is 1. The molecule has 4 heterocycles. The maximum absolute atomic E-state index is 13.3. The van der Waals surface area contributed by atoms with Gasteiger partial charge in [0.25, 0.3) is 11.8 Å². The Bertz CT molecular complexity index is 1110. The van der Waals surface area contributed by atoms with Crippen molar-refractivity contribution in [3.05, 3.63) is 52.2 Å². The van der Waals surface area contributed by atoms with E-state index in [9.17, 15) is 19.2 Å². The van der Waals surface area contributed by atoms with E-state index in [0.29, 0.717) is 55.6 Å². The highest BCUT2D eigenvalue weighted by Crippen LogP contribution is 2.43. The molecule has 5 rings (SSSR count). The van der Waals surface area contributed by atoms with Gasteiger partial charge in [-0.1, -0.05) is 12.1 Å². The lowest BCUT2D eigenvalue weighted by atomic mass is 9.98. The maximum Gasteiger partial charge on any atom is 0.258 e. The second-order valence-corrected chi connectivity index (χ2v) is 9.78. The Balaban J connectivity index is 1.26. The summed E-state index contributed by atoms with van der Waals surface area (Å²) in [6.45, 7) is 2.83. The molecular weight excluding hydrogens is 440 g/mol. The van der Waals surface area contributed by atoms with Crippen molar-refractivity contribution in [2.24, 2.45) is 0 Å². The van der Waals surface area contributed by atoms with Crippen LogP contribution in [-0.4, -0.2) is 64.8 Å². The van der Waals surface area contributed by atoms with Crippen molar-refractivity contribution >= 4 is 40.7 Å². The number of thiophene rings is 1. The highest BCUT2D eigenvalue weighted by atomic mass is 32.1. The first-order chi connectivity index (χ1) is 15.9. The van der Waals surface area contributed by atoms with Crippen LogP contribution in [0.5, 0.6) is 0 Å². The van der Waals surface area contributed by atoms with Crippen LogP contribution in [0.1, 0.15) is 53.3 Å². The predicted molar refractivity (Wildman–Crippen MR) is 124 cm³/mol. The number of benzene rings is 1. The van der Waals surface area contributed by atoms with Crippen LogP contribution >= 0.6 is 11.3 Å². The van der Waals surface area contributed by atoms with Gasteiger partial charge in [-0.05, 0) is 49.8 Å².